The molecule has 2 aromatic rings. The third-order valence-electron chi connectivity index (χ3n) is 4.63. The fourth-order valence-electron chi connectivity index (χ4n) is 3.28. The minimum Gasteiger partial charge on any atom is -0.303 e. The highest BCUT2D eigenvalue weighted by atomic mass is 35.5. The van der Waals surface area contributed by atoms with Gasteiger partial charge in [-0.1, -0.05) is 42.3 Å². The monoisotopic (exact) mass is 361 g/mol. The predicted octanol–water partition coefficient (Wildman–Crippen LogP) is 5.84. The molecule has 0 saturated carbocycles. The maximum atomic E-state index is 13.3. The Morgan fingerprint density at radius 2 is 1.28 bits per heavy atom. The number of benzene rings is 2. The molecule has 0 amide bonds. The van der Waals surface area contributed by atoms with Crippen LogP contribution in [0.5, 0.6) is 0 Å². The number of halogens is 3. The quantitative estimate of drug-likeness (QED) is 0.646. The van der Waals surface area contributed by atoms with Gasteiger partial charge >= 0.3 is 0 Å². The van der Waals surface area contributed by atoms with Gasteiger partial charge in [0.2, 0.25) is 0 Å². The molecule has 4 heteroatoms. The molecule has 2 aromatic carbocycles. The van der Waals surface area contributed by atoms with Crippen LogP contribution in [-0.2, 0) is 0 Å². The zero-order valence-electron chi connectivity index (χ0n) is 14.1. The molecule has 3 rings (SSSR count). The Hall–Kier alpha value is -1.71. The third-order valence-corrected chi connectivity index (χ3v) is 5.01. The molecule has 132 valence electrons. The van der Waals surface area contributed by atoms with Crippen LogP contribution in [0.1, 0.15) is 36.8 Å². The van der Waals surface area contributed by atoms with E-state index in [-0.39, 0.29) is 11.6 Å². The molecule has 1 heterocycles. The van der Waals surface area contributed by atoms with E-state index in [0.717, 1.165) is 47.8 Å². The first-order valence-electron chi connectivity index (χ1n) is 8.76. The lowest BCUT2D eigenvalue weighted by molar-refractivity contribution is 0.232. The van der Waals surface area contributed by atoms with Crippen LogP contribution >= 0.6 is 11.6 Å². The van der Waals surface area contributed by atoms with Gasteiger partial charge in [-0.25, -0.2) is 8.78 Å². The van der Waals surface area contributed by atoms with E-state index in [9.17, 15) is 8.78 Å². The van der Waals surface area contributed by atoms with Crippen molar-refractivity contribution in [3.05, 3.63) is 76.3 Å². The molecule has 25 heavy (non-hydrogen) atoms. The van der Waals surface area contributed by atoms with E-state index in [1.54, 1.807) is 24.3 Å². The first kappa shape index (κ1) is 18.1. The molecule has 0 unspecified atom stereocenters. The third kappa shape index (κ3) is 4.90. The highest BCUT2D eigenvalue weighted by Gasteiger charge is 2.14. The van der Waals surface area contributed by atoms with E-state index in [4.69, 9.17) is 11.6 Å². The molecule has 1 saturated heterocycles. The summed E-state index contributed by atoms with van der Waals surface area (Å²) in [7, 11) is 0. The van der Waals surface area contributed by atoms with Gasteiger partial charge in [-0.3, -0.25) is 0 Å². The van der Waals surface area contributed by atoms with Crippen molar-refractivity contribution in [2.75, 3.05) is 19.6 Å². The van der Waals surface area contributed by atoms with Crippen LogP contribution in [0.4, 0.5) is 8.78 Å². The Balaban J connectivity index is 1.88. The van der Waals surface area contributed by atoms with Crippen LogP contribution in [-0.4, -0.2) is 24.5 Å². The summed E-state index contributed by atoms with van der Waals surface area (Å²) >= 11 is 6.68. The Labute approximate surface area is 152 Å². The fraction of sp³-hybridized carbons (Fsp3) is 0.333. The first-order chi connectivity index (χ1) is 12.1. The average Bonchev–Trinajstić information content (AvgIpc) is 2.64. The van der Waals surface area contributed by atoms with Gasteiger partial charge < -0.3 is 4.90 Å². The number of hydrogen-bond acceptors (Lipinski definition) is 1. The van der Waals surface area contributed by atoms with Crippen LogP contribution < -0.4 is 0 Å². The molecular formula is C21H22ClF2N. The lowest BCUT2D eigenvalue weighted by Crippen LogP contribution is -2.30. The van der Waals surface area contributed by atoms with E-state index in [1.807, 2.05) is 0 Å². The van der Waals surface area contributed by atoms with E-state index in [2.05, 4.69) is 4.90 Å². The van der Waals surface area contributed by atoms with Crippen molar-refractivity contribution >= 4 is 17.2 Å². The Morgan fingerprint density at radius 3 is 1.76 bits per heavy atom. The van der Waals surface area contributed by atoms with Gasteiger partial charge in [0.15, 0.2) is 0 Å². The van der Waals surface area contributed by atoms with E-state index >= 15 is 0 Å². The van der Waals surface area contributed by atoms with Crippen molar-refractivity contribution in [1.29, 1.82) is 0 Å². The molecule has 1 aliphatic rings. The zero-order valence-corrected chi connectivity index (χ0v) is 14.9. The number of hydrogen-bond donors (Lipinski definition) is 0. The largest absolute Gasteiger partial charge is 0.303 e. The standard InChI is InChI=1S/C21H22ClF2N/c22-20(12-15-25-13-2-1-3-14-25)21(16-4-8-18(23)9-5-16)17-6-10-19(24)11-7-17/h4-11H,1-3,12-15H2. The molecule has 0 aromatic heterocycles. The smallest absolute Gasteiger partial charge is 0.123 e. The molecule has 0 aliphatic carbocycles. The number of likely N-dealkylation sites (tertiary alicyclic amines) is 1. The SMILES string of the molecule is Fc1ccc(C(=C(Cl)CCN2CCCCC2)c2ccc(F)cc2)cc1. The van der Waals surface area contributed by atoms with Gasteiger partial charge in [0.05, 0.1) is 0 Å². The van der Waals surface area contributed by atoms with E-state index in [0.29, 0.717) is 0 Å². The summed E-state index contributed by atoms with van der Waals surface area (Å²) in [6, 6.07) is 12.6. The van der Waals surface area contributed by atoms with E-state index in [1.165, 1.54) is 43.5 Å². The minimum absolute atomic E-state index is 0.286. The van der Waals surface area contributed by atoms with Crippen LogP contribution in [0.3, 0.4) is 0 Å². The Kier molecular flexibility index (Phi) is 6.22. The van der Waals surface area contributed by atoms with Gasteiger partial charge in [-0.05, 0) is 67.7 Å². The summed E-state index contributed by atoms with van der Waals surface area (Å²) in [6.45, 7) is 3.14. The second-order valence-electron chi connectivity index (χ2n) is 6.45. The first-order valence-corrected chi connectivity index (χ1v) is 9.14. The fourth-order valence-corrected chi connectivity index (χ4v) is 3.58. The summed E-state index contributed by atoms with van der Waals surface area (Å²) < 4.78 is 26.6. The van der Waals surface area contributed by atoms with Gasteiger partial charge in [0.25, 0.3) is 0 Å². The van der Waals surface area contributed by atoms with Crippen molar-refractivity contribution in [3.63, 3.8) is 0 Å². The number of piperidine rings is 1. The second kappa shape index (κ2) is 8.59. The van der Waals surface area contributed by atoms with Crippen LogP contribution in [0, 0.1) is 11.6 Å². The maximum Gasteiger partial charge on any atom is 0.123 e. The van der Waals surface area contributed by atoms with Gasteiger partial charge in [-0.2, -0.15) is 0 Å². The number of nitrogens with zero attached hydrogens (tertiary/aromatic N) is 1. The summed E-state index contributed by atoms with van der Waals surface area (Å²) in [5.41, 5.74) is 2.53. The lowest BCUT2D eigenvalue weighted by atomic mass is 9.96. The van der Waals surface area contributed by atoms with Crippen molar-refractivity contribution in [1.82, 2.24) is 4.90 Å². The van der Waals surface area contributed by atoms with Crippen LogP contribution in [0.2, 0.25) is 0 Å². The van der Waals surface area contributed by atoms with Gasteiger partial charge in [0.1, 0.15) is 11.6 Å². The van der Waals surface area contributed by atoms with Crippen molar-refractivity contribution in [2.45, 2.75) is 25.7 Å². The summed E-state index contributed by atoms with van der Waals surface area (Å²) in [6.07, 6.45) is 4.51. The van der Waals surface area contributed by atoms with Crippen LogP contribution in [0.15, 0.2) is 53.6 Å². The highest BCUT2D eigenvalue weighted by Crippen LogP contribution is 2.31. The second-order valence-corrected chi connectivity index (χ2v) is 6.90. The Morgan fingerprint density at radius 1 is 0.800 bits per heavy atom. The summed E-state index contributed by atoms with van der Waals surface area (Å²) in [5.74, 6) is -0.571. The lowest BCUT2D eigenvalue weighted by Gasteiger charge is -2.26. The summed E-state index contributed by atoms with van der Waals surface area (Å²) in [5, 5.41) is 0.726. The Bertz CT molecular complexity index is 669. The van der Waals surface area contributed by atoms with Crippen molar-refractivity contribution in [3.8, 4) is 0 Å². The molecule has 0 spiro atoms. The molecule has 0 bridgehead atoms. The molecule has 1 fully saturated rings. The molecule has 0 radical (unpaired) electrons. The number of rotatable bonds is 5. The topological polar surface area (TPSA) is 3.24 Å². The summed E-state index contributed by atoms with van der Waals surface area (Å²) in [4.78, 5) is 2.43. The van der Waals surface area contributed by atoms with Gasteiger partial charge in [-0.15, -0.1) is 0 Å². The van der Waals surface area contributed by atoms with E-state index < -0.39 is 0 Å². The van der Waals surface area contributed by atoms with Gasteiger partial charge in [0, 0.05) is 17.2 Å². The van der Waals surface area contributed by atoms with Crippen molar-refractivity contribution in [2.24, 2.45) is 0 Å². The zero-order chi connectivity index (χ0) is 17.6. The molecule has 1 aliphatic heterocycles. The molecule has 0 atom stereocenters. The normalized spacial score (nSPS) is 15.2. The molecule has 0 N–H and O–H groups in total. The predicted molar refractivity (Wildman–Crippen MR) is 99.6 cm³/mol. The molecule has 1 nitrogen and oxygen atoms in total. The van der Waals surface area contributed by atoms with Crippen LogP contribution in [0.25, 0.3) is 5.57 Å². The minimum atomic E-state index is -0.286. The highest BCUT2D eigenvalue weighted by molar-refractivity contribution is 6.33. The maximum absolute atomic E-state index is 13.3. The molecular weight excluding hydrogens is 340 g/mol. The van der Waals surface area contributed by atoms with Crippen molar-refractivity contribution < 1.29 is 8.78 Å². The average molecular weight is 362 g/mol.